The molecule has 146 valence electrons. The maximum Gasteiger partial charge on any atom is 0.251 e. The van der Waals surface area contributed by atoms with Crippen LogP contribution in [0.15, 0.2) is 65.6 Å². The highest BCUT2D eigenvalue weighted by Crippen LogP contribution is 2.19. The molecule has 5 nitrogen and oxygen atoms in total. The van der Waals surface area contributed by atoms with Crippen molar-refractivity contribution in [2.45, 2.75) is 31.7 Å². The number of nitrogens with zero attached hydrogens (tertiary/aromatic N) is 1. The molecule has 0 aliphatic carbocycles. The second kappa shape index (κ2) is 7.64. The van der Waals surface area contributed by atoms with Crippen molar-refractivity contribution < 1.29 is 13.2 Å². The van der Waals surface area contributed by atoms with Gasteiger partial charge in [-0.1, -0.05) is 12.1 Å². The average Bonchev–Trinajstić information content (AvgIpc) is 2.99. The third-order valence-corrected chi connectivity index (χ3v) is 5.94. The number of hydrogen-bond donors (Lipinski definition) is 1. The smallest absolute Gasteiger partial charge is 0.251 e. The number of amides is 1. The minimum absolute atomic E-state index is 0.174. The highest BCUT2D eigenvalue weighted by molar-refractivity contribution is 7.90. The van der Waals surface area contributed by atoms with Gasteiger partial charge in [0.15, 0.2) is 9.84 Å². The molecule has 0 saturated heterocycles. The van der Waals surface area contributed by atoms with Crippen molar-refractivity contribution >= 4 is 15.7 Å². The lowest BCUT2D eigenvalue weighted by molar-refractivity contribution is 0.0940. The van der Waals surface area contributed by atoms with Gasteiger partial charge in [-0.25, -0.2) is 8.42 Å². The Balaban J connectivity index is 1.72. The number of benzene rings is 2. The fourth-order valence-corrected chi connectivity index (χ4v) is 3.84. The molecule has 0 aliphatic rings. The monoisotopic (exact) mass is 396 g/mol. The molecule has 1 atom stereocenters. The maximum atomic E-state index is 12.6. The zero-order chi connectivity index (χ0) is 20.5. The molecule has 6 heteroatoms. The molecule has 28 heavy (non-hydrogen) atoms. The summed E-state index contributed by atoms with van der Waals surface area (Å²) in [6.07, 6.45) is 1.17. The summed E-state index contributed by atoms with van der Waals surface area (Å²) >= 11 is 0. The zero-order valence-corrected chi connectivity index (χ0v) is 17.2. The fourth-order valence-electron chi connectivity index (χ4n) is 3.20. The Morgan fingerprint density at radius 1 is 0.893 bits per heavy atom. The molecule has 1 N–H and O–H groups in total. The second-order valence-corrected chi connectivity index (χ2v) is 9.05. The molecule has 1 amide bonds. The lowest BCUT2D eigenvalue weighted by Crippen LogP contribution is -2.26. The summed E-state index contributed by atoms with van der Waals surface area (Å²) < 4.78 is 25.3. The van der Waals surface area contributed by atoms with Crippen molar-refractivity contribution in [3.05, 3.63) is 83.2 Å². The van der Waals surface area contributed by atoms with Gasteiger partial charge in [0.2, 0.25) is 0 Å². The van der Waals surface area contributed by atoms with Crippen LogP contribution < -0.4 is 5.32 Å². The largest absolute Gasteiger partial charge is 0.346 e. The predicted octanol–water partition coefficient (Wildman–Crippen LogP) is 3.99. The van der Waals surface area contributed by atoms with Crippen LogP contribution >= 0.6 is 0 Å². The van der Waals surface area contributed by atoms with E-state index in [4.69, 9.17) is 0 Å². The maximum absolute atomic E-state index is 12.6. The highest BCUT2D eigenvalue weighted by Gasteiger charge is 2.13. The van der Waals surface area contributed by atoms with Crippen molar-refractivity contribution in [1.29, 1.82) is 0 Å². The average molecular weight is 397 g/mol. The molecule has 0 bridgehead atoms. The van der Waals surface area contributed by atoms with Crippen LogP contribution in [-0.4, -0.2) is 25.1 Å². The molecule has 1 unspecified atom stereocenters. The number of sulfone groups is 1. The minimum atomic E-state index is -3.23. The summed E-state index contributed by atoms with van der Waals surface area (Å²) in [7, 11) is -3.23. The summed E-state index contributed by atoms with van der Waals surface area (Å²) in [4.78, 5) is 12.8. The summed E-state index contributed by atoms with van der Waals surface area (Å²) in [5, 5.41) is 2.95. The fraction of sp³-hybridized carbons (Fsp3) is 0.227. The Morgan fingerprint density at radius 2 is 1.43 bits per heavy atom. The van der Waals surface area contributed by atoms with Gasteiger partial charge in [0.05, 0.1) is 10.9 Å². The van der Waals surface area contributed by atoms with Crippen LogP contribution in [0.3, 0.4) is 0 Å². The van der Waals surface area contributed by atoms with Gasteiger partial charge < -0.3 is 9.88 Å². The van der Waals surface area contributed by atoms with Crippen molar-refractivity contribution in [3.8, 4) is 5.69 Å². The normalized spacial score (nSPS) is 12.6. The molecule has 0 radical (unpaired) electrons. The molecule has 1 aromatic heterocycles. The van der Waals surface area contributed by atoms with E-state index < -0.39 is 9.84 Å². The summed E-state index contributed by atoms with van der Waals surface area (Å²) in [5.41, 5.74) is 4.71. The lowest BCUT2D eigenvalue weighted by Gasteiger charge is -2.15. The van der Waals surface area contributed by atoms with Crippen molar-refractivity contribution in [2.24, 2.45) is 0 Å². The highest BCUT2D eigenvalue weighted by atomic mass is 32.2. The third kappa shape index (κ3) is 4.17. The van der Waals surface area contributed by atoms with Crippen molar-refractivity contribution in [1.82, 2.24) is 9.88 Å². The lowest BCUT2D eigenvalue weighted by atomic mass is 10.1. The molecular formula is C22H24N2O3S. The third-order valence-electron chi connectivity index (χ3n) is 4.81. The summed E-state index contributed by atoms with van der Waals surface area (Å²) in [6.45, 7) is 5.96. The molecule has 0 spiro atoms. The molecule has 1 heterocycles. The van der Waals surface area contributed by atoms with Crippen LogP contribution in [-0.2, 0) is 9.84 Å². The van der Waals surface area contributed by atoms with Gasteiger partial charge in [-0.2, -0.15) is 0 Å². The zero-order valence-electron chi connectivity index (χ0n) is 16.4. The van der Waals surface area contributed by atoms with Gasteiger partial charge in [0, 0.05) is 28.9 Å². The van der Waals surface area contributed by atoms with Gasteiger partial charge >= 0.3 is 0 Å². The Labute approximate surface area is 165 Å². The van der Waals surface area contributed by atoms with E-state index in [2.05, 4.69) is 22.0 Å². The first-order valence-corrected chi connectivity index (χ1v) is 10.9. The van der Waals surface area contributed by atoms with Crippen LogP contribution in [0.4, 0.5) is 0 Å². The first-order chi connectivity index (χ1) is 13.2. The van der Waals surface area contributed by atoms with Gasteiger partial charge in [-0.15, -0.1) is 0 Å². The van der Waals surface area contributed by atoms with Gasteiger partial charge in [0.1, 0.15) is 0 Å². The number of carbonyl (C=O) groups excluding carboxylic acids is 1. The van der Waals surface area contributed by atoms with E-state index in [-0.39, 0.29) is 16.8 Å². The first-order valence-electron chi connectivity index (χ1n) is 9.03. The van der Waals surface area contributed by atoms with E-state index >= 15 is 0 Å². The van der Waals surface area contributed by atoms with Gasteiger partial charge in [0.25, 0.3) is 5.91 Å². The molecule has 3 aromatic rings. The summed E-state index contributed by atoms with van der Waals surface area (Å²) in [6, 6.07) is 17.9. The molecular weight excluding hydrogens is 372 g/mol. The van der Waals surface area contributed by atoms with E-state index in [1.165, 1.54) is 6.26 Å². The number of aryl methyl sites for hydroxylation is 2. The number of rotatable bonds is 5. The van der Waals surface area contributed by atoms with Crippen LogP contribution in [0.1, 0.15) is 40.3 Å². The van der Waals surface area contributed by atoms with Crippen molar-refractivity contribution in [3.63, 3.8) is 0 Å². The van der Waals surface area contributed by atoms with E-state index in [0.29, 0.717) is 5.56 Å². The van der Waals surface area contributed by atoms with Crippen LogP contribution in [0.25, 0.3) is 5.69 Å². The standard InChI is InChI=1S/C22H24N2O3S/c1-15-5-6-16(2)24(15)20-11-7-19(8-12-20)22(25)23-17(3)18-9-13-21(14-10-18)28(4,26)27/h5-14,17H,1-4H3,(H,23,25). The van der Waals surface area contributed by atoms with Crippen molar-refractivity contribution in [2.75, 3.05) is 6.26 Å². The summed E-state index contributed by atoms with van der Waals surface area (Å²) in [5.74, 6) is -0.174. The van der Waals surface area contributed by atoms with Crippen LogP contribution in [0.5, 0.6) is 0 Å². The first kappa shape index (κ1) is 19.9. The Kier molecular flexibility index (Phi) is 5.42. The topological polar surface area (TPSA) is 68.2 Å². The second-order valence-electron chi connectivity index (χ2n) is 7.03. The van der Waals surface area contributed by atoms with E-state index in [9.17, 15) is 13.2 Å². The minimum Gasteiger partial charge on any atom is -0.346 e. The Morgan fingerprint density at radius 3 is 1.93 bits per heavy atom. The number of carbonyl (C=O) groups is 1. The van der Waals surface area contributed by atoms with E-state index in [1.54, 1.807) is 24.3 Å². The Hall–Kier alpha value is -2.86. The number of aromatic nitrogens is 1. The number of nitrogens with one attached hydrogen (secondary N) is 1. The van der Waals surface area contributed by atoms with Gasteiger partial charge in [-0.05, 0) is 74.9 Å². The molecule has 0 aliphatic heterocycles. The molecule has 0 saturated carbocycles. The molecule has 0 fully saturated rings. The molecule has 2 aromatic carbocycles. The van der Waals surface area contributed by atoms with Gasteiger partial charge in [-0.3, -0.25) is 4.79 Å². The SMILES string of the molecule is Cc1ccc(C)n1-c1ccc(C(=O)NC(C)c2ccc(S(C)(=O)=O)cc2)cc1. The Bertz CT molecular complexity index is 1080. The van der Waals surface area contributed by atoms with Crippen LogP contribution in [0, 0.1) is 13.8 Å². The predicted molar refractivity (Wildman–Crippen MR) is 111 cm³/mol. The van der Waals surface area contributed by atoms with E-state index in [0.717, 1.165) is 22.6 Å². The number of hydrogen-bond acceptors (Lipinski definition) is 3. The molecule has 3 rings (SSSR count). The quantitative estimate of drug-likeness (QED) is 0.709. The van der Waals surface area contributed by atoms with Crippen LogP contribution in [0.2, 0.25) is 0 Å². The van der Waals surface area contributed by atoms with E-state index in [1.807, 2.05) is 45.0 Å².